The molecule has 120 valence electrons. The molecule has 0 spiro atoms. The zero-order valence-electron chi connectivity index (χ0n) is 12.6. The maximum Gasteiger partial charge on any atom is 0.252 e. The van der Waals surface area contributed by atoms with Gasteiger partial charge in [-0.05, 0) is 12.1 Å². The van der Waals surface area contributed by atoms with Crippen molar-refractivity contribution < 1.29 is 19.1 Å². The third-order valence-electron chi connectivity index (χ3n) is 3.47. The van der Waals surface area contributed by atoms with Gasteiger partial charge in [0.05, 0.1) is 26.3 Å². The zero-order chi connectivity index (χ0) is 16.4. The van der Waals surface area contributed by atoms with Gasteiger partial charge < -0.3 is 14.8 Å². The molecule has 3 rings (SSSR count). The third-order valence-corrected chi connectivity index (χ3v) is 3.47. The van der Waals surface area contributed by atoms with E-state index in [9.17, 15) is 9.59 Å². The predicted molar refractivity (Wildman–Crippen MR) is 80.5 cm³/mol. The second-order valence-corrected chi connectivity index (χ2v) is 4.85. The topological polar surface area (TPSA) is 107 Å². The molecule has 23 heavy (non-hydrogen) atoms. The molecule has 0 bridgehead atoms. The molecule has 9 nitrogen and oxygen atoms in total. The van der Waals surface area contributed by atoms with Crippen molar-refractivity contribution in [2.75, 3.05) is 24.9 Å². The van der Waals surface area contributed by atoms with Gasteiger partial charge in [0.25, 0.3) is 5.91 Å². The number of carbonyl (C=O) groups is 2. The number of hydrogen-bond acceptors (Lipinski definition) is 6. The second-order valence-electron chi connectivity index (χ2n) is 4.85. The molecule has 0 unspecified atom stereocenters. The number of amides is 2. The van der Waals surface area contributed by atoms with Crippen molar-refractivity contribution in [1.29, 1.82) is 0 Å². The standard InChI is InChI=1S/C14H15N5O4/c1-22-8-3-4-11(23-2)9(5-8)17-12(20)6-10-13(21)18-14-15-7-16-19(10)14/h3-5,7,10H,6H2,1-2H3,(H,17,20)(H,15,16,18,21)/t10-/m1/s1. The van der Waals surface area contributed by atoms with E-state index in [1.165, 1.54) is 25.2 Å². The van der Waals surface area contributed by atoms with E-state index in [0.29, 0.717) is 23.1 Å². The lowest BCUT2D eigenvalue weighted by Gasteiger charge is -2.13. The van der Waals surface area contributed by atoms with Crippen LogP contribution in [0.25, 0.3) is 0 Å². The summed E-state index contributed by atoms with van der Waals surface area (Å²) in [4.78, 5) is 28.0. The van der Waals surface area contributed by atoms with Crippen LogP contribution < -0.4 is 20.1 Å². The van der Waals surface area contributed by atoms with Crippen LogP contribution >= 0.6 is 0 Å². The molecule has 0 aliphatic carbocycles. The minimum Gasteiger partial charge on any atom is -0.497 e. The van der Waals surface area contributed by atoms with E-state index in [2.05, 4.69) is 20.7 Å². The highest BCUT2D eigenvalue weighted by molar-refractivity contribution is 6.01. The molecule has 0 fully saturated rings. The Hall–Kier alpha value is -3.10. The van der Waals surface area contributed by atoms with Crippen molar-refractivity contribution in [2.24, 2.45) is 0 Å². The van der Waals surface area contributed by atoms with Gasteiger partial charge in [-0.2, -0.15) is 10.1 Å². The number of fused-ring (bicyclic) bond motifs is 1. The quantitative estimate of drug-likeness (QED) is 0.845. The molecule has 0 saturated heterocycles. The van der Waals surface area contributed by atoms with Crippen molar-refractivity contribution in [3.05, 3.63) is 24.5 Å². The summed E-state index contributed by atoms with van der Waals surface area (Å²) in [5, 5.41) is 9.23. The van der Waals surface area contributed by atoms with Gasteiger partial charge in [-0.25, -0.2) is 4.68 Å². The van der Waals surface area contributed by atoms with Crippen LogP contribution in [0.15, 0.2) is 24.5 Å². The average Bonchev–Trinajstić information content (AvgIpc) is 3.10. The first-order valence-corrected chi connectivity index (χ1v) is 6.84. The number of ether oxygens (including phenoxy) is 2. The molecular weight excluding hydrogens is 302 g/mol. The second kappa shape index (κ2) is 5.95. The molecule has 1 aliphatic heterocycles. The number of rotatable bonds is 5. The highest BCUT2D eigenvalue weighted by atomic mass is 16.5. The van der Waals surface area contributed by atoms with Crippen molar-refractivity contribution in [3.63, 3.8) is 0 Å². The molecular formula is C14H15N5O4. The fraction of sp³-hybridized carbons (Fsp3) is 0.286. The van der Waals surface area contributed by atoms with Crippen LogP contribution in [0, 0.1) is 0 Å². The van der Waals surface area contributed by atoms with E-state index in [1.54, 1.807) is 18.2 Å². The van der Waals surface area contributed by atoms with Crippen molar-refractivity contribution in [1.82, 2.24) is 14.8 Å². The minimum absolute atomic E-state index is 0.0669. The van der Waals surface area contributed by atoms with Crippen LogP contribution in [-0.2, 0) is 9.59 Å². The summed E-state index contributed by atoms with van der Waals surface area (Å²) < 4.78 is 11.7. The Balaban J connectivity index is 1.74. The minimum atomic E-state index is -0.718. The Bertz CT molecular complexity index is 757. The Labute approximate surface area is 131 Å². The summed E-state index contributed by atoms with van der Waals surface area (Å²) in [7, 11) is 3.03. The van der Waals surface area contributed by atoms with Crippen molar-refractivity contribution in [2.45, 2.75) is 12.5 Å². The van der Waals surface area contributed by atoms with Crippen LogP contribution in [0.4, 0.5) is 11.6 Å². The number of nitrogens with one attached hydrogen (secondary N) is 2. The largest absolute Gasteiger partial charge is 0.497 e. The molecule has 2 heterocycles. The first-order valence-electron chi connectivity index (χ1n) is 6.84. The third kappa shape index (κ3) is 2.80. The maximum absolute atomic E-state index is 12.3. The first-order chi connectivity index (χ1) is 11.1. The lowest BCUT2D eigenvalue weighted by Crippen LogP contribution is -2.23. The predicted octanol–water partition coefficient (Wildman–Crippen LogP) is 0.817. The number of aromatic nitrogens is 3. The highest BCUT2D eigenvalue weighted by Crippen LogP contribution is 2.30. The Morgan fingerprint density at radius 3 is 2.96 bits per heavy atom. The summed E-state index contributed by atoms with van der Waals surface area (Å²) in [6.07, 6.45) is 1.26. The van der Waals surface area contributed by atoms with Gasteiger partial charge in [-0.15, -0.1) is 0 Å². The monoisotopic (exact) mass is 317 g/mol. The lowest BCUT2D eigenvalue weighted by molar-refractivity contribution is -0.123. The van der Waals surface area contributed by atoms with E-state index >= 15 is 0 Å². The van der Waals surface area contributed by atoms with Gasteiger partial charge in [0, 0.05) is 6.07 Å². The number of hydrogen-bond donors (Lipinski definition) is 2. The molecule has 2 N–H and O–H groups in total. The lowest BCUT2D eigenvalue weighted by atomic mass is 10.2. The number of anilines is 2. The van der Waals surface area contributed by atoms with Gasteiger partial charge in [0.2, 0.25) is 11.9 Å². The van der Waals surface area contributed by atoms with E-state index < -0.39 is 6.04 Å². The number of carbonyl (C=O) groups excluding carboxylic acids is 2. The molecule has 1 aliphatic rings. The van der Waals surface area contributed by atoms with Gasteiger partial charge in [-0.1, -0.05) is 0 Å². The number of nitrogens with zero attached hydrogens (tertiary/aromatic N) is 3. The molecule has 0 radical (unpaired) electrons. The van der Waals surface area contributed by atoms with Crippen LogP contribution in [0.3, 0.4) is 0 Å². The van der Waals surface area contributed by atoms with E-state index in [-0.39, 0.29) is 18.2 Å². The Kier molecular flexibility index (Phi) is 3.83. The molecule has 1 aromatic heterocycles. The Morgan fingerprint density at radius 2 is 2.22 bits per heavy atom. The first kappa shape index (κ1) is 14.8. The summed E-state index contributed by atoms with van der Waals surface area (Å²) in [5.74, 6) is 0.759. The molecule has 0 saturated carbocycles. The van der Waals surface area contributed by atoms with Crippen LogP contribution in [0.1, 0.15) is 12.5 Å². The normalized spacial score (nSPS) is 15.7. The van der Waals surface area contributed by atoms with Crippen LogP contribution in [0.5, 0.6) is 11.5 Å². The SMILES string of the molecule is COc1ccc(OC)c(NC(=O)C[C@@H]2C(=O)Nc3ncnn32)c1. The van der Waals surface area contributed by atoms with E-state index in [4.69, 9.17) is 9.47 Å². The molecule has 2 aromatic rings. The Morgan fingerprint density at radius 1 is 1.39 bits per heavy atom. The summed E-state index contributed by atoms with van der Waals surface area (Å²) >= 11 is 0. The summed E-state index contributed by atoms with van der Waals surface area (Å²) in [6.45, 7) is 0. The maximum atomic E-state index is 12.3. The molecule has 1 atom stereocenters. The molecule has 2 amide bonds. The smallest absolute Gasteiger partial charge is 0.252 e. The fourth-order valence-electron chi connectivity index (χ4n) is 2.34. The fourth-order valence-corrected chi connectivity index (χ4v) is 2.34. The number of methoxy groups -OCH3 is 2. The van der Waals surface area contributed by atoms with Crippen molar-refractivity contribution >= 4 is 23.5 Å². The van der Waals surface area contributed by atoms with Crippen LogP contribution in [0.2, 0.25) is 0 Å². The van der Waals surface area contributed by atoms with Gasteiger partial charge in [0.1, 0.15) is 23.9 Å². The zero-order valence-corrected chi connectivity index (χ0v) is 12.6. The van der Waals surface area contributed by atoms with E-state index in [0.717, 1.165) is 0 Å². The van der Waals surface area contributed by atoms with Gasteiger partial charge >= 0.3 is 0 Å². The van der Waals surface area contributed by atoms with Crippen molar-refractivity contribution in [3.8, 4) is 11.5 Å². The van der Waals surface area contributed by atoms with Crippen LogP contribution in [-0.4, -0.2) is 40.8 Å². The number of benzene rings is 1. The van der Waals surface area contributed by atoms with Gasteiger partial charge in [-0.3, -0.25) is 14.9 Å². The summed E-state index contributed by atoms with van der Waals surface area (Å²) in [6, 6.07) is 4.34. The molecule has 9 heteroatoms. The summed E-state index contributed by atoms with van der Waals surface area (Å²) in [5.41, 5.74) is 0.467. The molecule has 1 aromatic carbocycles. The average molecular weight is 317 g/mol. The van der Waals surface area contributed by atoms with Gasteiger partial charge in [0.15, 0.2) is 0 Å². The van der Waals surface area contributed by atoms with E-state index in [1.807, 2.05) is 0 Å². The highest BCUT2D eigenvalue weighted by Gasteiger charge is 2.33.